The van der Waals surface area contributed by atoms with Crippen molar-refractivity contribution in [3.05, 3.63) is 34.9 Å². The van der Waals surface area contributed by atoms with Crippen LogP contribution in [-0.4, -0.2) is 11.8 Å². The average molecular weight is 255 g/mol. The number of amides is 2. The molecule has 1 rings (SSSR count). The fourth-order valence-electron chi connectivity index (χ4n) is 1.10. The molecule has 1 atom stereocenters. The highest BCUT2D eigenvalue weighted by Gasteiger charge is 2.11. The Hall–Kier alpha value is -1.55. The summed E-state index contributed by atoms with van der Waals surface area (Å²) in [5.74, 6) is -0.686. The van der Waals surface area contributed by atoms with Crippen molar-refractivity contribution < 1.29 is 9.59 Å². The van der Waals surface area contributed by atoms with Gasteiger partial charge in [-0.25, -0.2) is 0 Å². The molecule has 1 aromatic carbocycles. The van der Waals surface area contributed by atoms with Crippen LogP contribution in [0.3, 0.4) is 0 Å². The first-order valence-corrected chi connectivity index (χ1v) is 5.78. The molecule has 0 unspecified atom stereocenters. The zero-order valence-electron chi connectivity index (χ0n) is 9.79. The van der Waals surface area contributed by atoms with Gasteiger partial charge in [0, 0.05) is 16.5 Å². The Morgan fingerprint density at radius 1 is 1.24 bits per heavy atom. The van der Waals surface area contributed by atoms with Crippen LogP contribution in [0, 0.1) is 5.92 Å². The van der Waals surface area contributed by atoms with Gasteiger partial charge in [0.1, 0.15) is 0 Å². The maximum absolute atomic E-state index is 11.6. The van der Waals surface area contributed by atoms with E-state index in [0.717, 1.165) is 6.42 Å². The normalized spacial score (nSPS) is 11.7. The molecule has 0 saturated carbocycles. The van der Waals surface area contributed by atoms with Crippen LogP contribution in [0.1, 0.15) is 30.6 Å². The van der Waals surface area contributed by atoms with Crippen molar-refractivity contribution in [1.29, 1.82) is 0 Å². The molecule has 0 bridgehead atoms. The molecular weight excluding hydrogens is 240 g/mol. The summed E-state index contributed by atoms with van der Waals surface area (Å²) < 4.78 is 0. The van der Waals surface area contributed by atoms with E-state index < -0.39 is 0 Å². The number of rotatable bonds is 3. The summed E-state index contributed by atoms with van der Waals surface area (Å²) in [6, 6.07) is 6.42. The highest BCUT2D eigenvalue weighted by atomic mass is 35.5. The van der Waals surface area contributed by atoms with E-state index in [4.69, 9.17) is 11.6 Å². The molecule has 0 aliphatic rings. The predicted octanol–water partition coefficient (Wildman–Crippen LogP) is 2.15. The SMILES string of the molecule is CC[C@@H](C)C(=O)NNC(=O)c1ccc(Cl)cc1. The average Bonchev–Trinajstić information content (AvgIpc) is 2.35. The van der Waals surface area contributed by atoms with Gasteiger partial charge in [0.05, 0.1) is 0 Å². The third-order valence-corrected chi connectivity index (χ3v) is 2.72. The number of nitrogens with one attached hydrogen (secondary N) is 2. The maximum atomic E-state index is 11.6. The summed E-state index contributed by atoms with van der Waals surface area (Å²) in [5.41, 5.74) is 5.17. The molecule has 0 radical (unpaired) electrons. The van der Waals surface area contributed by atoms with Gasteiger partial charge in [-0.1, -0.05) is 25.4 Å². The first kappa shape index (κ1) is 13.5. The fourth-order valence-corrected chi connectivity index (χ4v) is 1.23. The molecule has 4 nitrogen and oxygen atoms in total. The van der Waals surface area contributed by atoms with E-state index in [1.807, 2.05) is 6.92 Å². The monoisotopic (exact) mass is 254 g/mol. The minimum absolute atomic E-state index is 0.125. The van der Waals surface area contributed by atoms with Crippen LogP contribution in [-0.2, 0) is 4.79 Å². The van der Waals surface area contributed by atoms with E-state index in [1.165, 1.54) is 0 Å². The molecule has 0 aromatic heterocycles. The molecule has 1 aromatic rings. The van der Waals surface area contributed by atoms with Gasteiger partial charge >= 0.3 is 0 Å². The summed E-state index contributed by atoms with van der Waals surface area (Å²) in [4.78, 5) is 23.0. The quantitative estimate of drug-likeness (QED) is 0.812. The largest absolute Gasteiger partial charge is 0.273 e. The molecule has 17 heavy (non-hydrogen) atoms. The van der Waals surface area contributed by atoms with Crippen LogP contribution in [0.4, 0.5) is 0 Å². The third kappa shape index (κ3) is 4.07. The number of hydrazine groups is 1. The molecule has 5 heteroatoms. The van der Waals surface area contributed by atoms with Crippen LogP contribution >= 0.6 is 11.6 Å². The van der Waals surface area contributed by atoms with Gasteiger partial charge in [-0.2, -0.15) is 0 Å². The Bertz CT molecular complexity index is 403. The summed E-state index contributed by atoms with van der Waals surface area (Å²) in [5, 5.41) is 0.560. The molecule has 2 N–H and O–H groups in total. The Kier molecular flexibility index (Phi) is 4.97. The van der Waals surface area contributed by atoms with Crippen LogP contribution < -0.4 is 10.9 Å². The van der Waals surface area contributed by atoms with Crippen molar-refractivity contribution >= 4 is 23.4 Å². The van der Waals surface area contributed by atoms with Crippen LogP contribution in [0.5, 0.6) is 0 Å². The standard InChI is InChI=1S/C12H15ClN2O2/c1-3-8(2)11(16)14-15-12(17)9-4-6-10(13)7-5-9/h4-8H,3H2,1-2H3,(H,14,16)(H,15,17)/t8-/m1/s1. The lowest BCUT2D eigenvalue weighted by Crippen LogP contribution is -2.43. The van der Waals surface area contributed by atoms with E-state index in [0.29, 0.717) is 10.6 Å². The molecule has 0 spiro atoms. The lowest BCUT2D eigenvalue weighted by Gasteiger charge is -2.10. The first-order chi connectivity index (χ1) is 8.04. The Morgan fingerprint density at radius 3 is 2.35 bits per heavy atom. The van der Waals surface area contributed by atoms with Gasteiger partial charge in [-0.05, 0) is 30.7 Å². The highest BCUT2D eigenvalue weighted by molar-refractivity contribution is 6.30. The van der Waals surface area contributed by atoms with E-state index in [2.05, 4.69) is 10.9 Å². The zero-order chi connectivity index (χ0) is 12.8. The molecule has 0 aliphatic heterocycles. The molecule has 0 aliphatic carbocycles. The number of carbonyl (C=O) groups is 2. The van der Waals surface area contributed by atoms with Crippen molar-refractivity contribution in [3.63, 3.8) is 0 Å². The minimum atomic E-state index is -0.363. The second-order valence-electron chi connectivity index (χ2n) is 3.76. The van der Waals surface area contributed by atoms with Crippen molar-refractivity contribution in [3.8, 4) is 0 Å². The molecule has 2 amide bonds. The van der Waals surface area contributed by atoms with Gasteiger partial charge in [-0.3, -0.25) is 20.4 Å². The summed E-state index contributed by atoms with van der Waals surface area (Å²) in [6.07, 6.45) is 0.725. The van der Waals surface area contributed by atoms with Gasteiger partial charge in [-0.15, -0.1) is 0 Å². The summed E-state index contributed by atoms with van der Waals surface area (Å²) >= 11 is 5.70. The number of benzene rings is 1. The fraction of sp³-hybridized carbons (Fsp3) is 0.333. The minimum Gasteiger partial charge on any atom is -0.273 e. The lowest BCUT2D eigenvalue weighted by atomic mass is 10.1. The predicted molar refractivity (Wildman–Crippen MR) is 66.5 cm³/mol. The topological polar surface area (TPSA) is 58.2 Å². The zero-order valence-corrected chi connectivity index (χ0v) is 10.5. The molecular formula is C12H15ClN2O2. The van der Waals surface area contributed by atoms with Gasteiger partial charge in [0.25, 0.3) is 5.91 Å². The van der Waals surface area contributed by atoms with E-state index in [-0.39, 0.29) is 17.7 Å². The summed E-state index contributed by atoms with van der Waals surface area (Å²) in [6.45, 7) is 3.70. The number of halogens is 1. The summed E-state index contributed by atoms with van der Waals surface area (Å²) in [7, 11) is 0. The number of carbonyl (C=O) groups excluding carboxylic acids is 2. The maximum Gasteiger partial charge on any atom is 0.269 e. The lowest BCUT2D eigenvalue weighted by molar-refractivity contribution is -0.125. The Morgan fingerprint density at radius 2 is 1.82 bits per heavy atom. The highest BCUT2D eigenvalue weighted by Crippen LogP contribution is 2.09. The molecule has 0 heterocycles. The second-order valence-corrected chi connectivity index (χ2v) is 4.20. The van der Waals surface area contributed by atoms with E-state index in [1.54, 1.807) is 31.2 Å². The third-order valence-electron chi connectivity index (χ3n) is 2.47. The van der Waals surface area contributed by atoms with Crippen molar-refractivity contribution in [1.82, 2.24) is 10.9 Å². The second kappa shape index (κ2) is 6.25. The van der Waals surface area contributed by atoms with E-state index >= 15 is 0 Å². The van der Waals surface area contributed by atoms with Crippen molar-refractivity contribution in [2.45, 2.75) is 20.3 Å². The molecule has 0 fully saturated rings. The van der Waals surface area contributed by atoms with Gasteiger partial charge in [0.15, 0.2) is 0 Å². The molecule has 92 valence electrons. The molecule has 0 saturated heterocycles. The van der Waals surface area contributed by atoms with Gasteiger partial charge in [0.2, 0.25) is 5.91 Å². The van der Waals surface area contributed by atoms with Crippen LogP contribution in [0.2, 0.25) is 5.02 Å². The van der Waals surface area contributed by atoms with Crippen molar-refractivity contribution in [2.24, 2.45) is 5.92 Å². The Balaban J connectivity index is 2.50. The van der Waals surface area contributed by atoms with Crippen molar-refractivity contribution in [2.75, 3.05) is 0 Å². The van der Waals surface area contributed by atoms with Crippen LogP contribution in [0.15, 0.2) is 24.3 Å². The number of hydrogen-bond acceptors (Lipinski definition) is 2. The first-order valence-electron chi connectivity index (χ1n) is 5.40. The van der Waals surface area contributed by atoms with Gasteiger partial charge < -0.3 is 0 Å². The Labute approximate surface area is 105 Å². The van der Waals surface area contributed by atoms with E-state index in [9.17, 15) is 9.59 Å². The smallest absolute Gasteiger partial charge is 0.269 e. The number of hydrogen-bond donors (Lipinski definition) is 2. The van der Waals surface area contributed by atoms with Crippen LogP contribution in [0.25, 0.3) is 0 Å².